The van der Waals surface area contributed by atoms with E-state index in [2.05, 4.69) is 9.80 Å². The molecule has 0 aromatic heterocycles. The minimum Gasteiger partial charge on any atom is -0.477 e. The summed E-state index contributed by atoms with van der Waals surface area (Å²) in [4.78, 5) is 17.3. The first kappa shape index (κ1) is 17.5. The molecule has 0 unspecified atom stereocenters. The molecule has 0 radical (unpaired) electrons. The molecule has 0 amide bonds. The van der Waals surface area contributed by atoms with Crippen molar-refractivity contribution in [2.75, 3.05) is 46.1 Å². The monoisotopic (exact) mass is 358 g/mol. The lowest BCUT2D eigenvalue weighted by molar-refractivity contribution is 0.0239. The summed E-state index contributed by atoms with van der Waals surface area (Å²) in [7, 11) is 0. The zero-order chi connectivity index (χ0) is 18.3. The van der Waals surface area contributed by atoms with Crippen molar-refractivity contribution in [3.63, 3.8) is 0 Å². The summed E-state index contributed by atoms with van der Waals surface area (Å²) in [5, 5.41) is 0. The molecule has 0 saturated carbocycles. The molecular formula is C20H26N2O4. The molecule has 3 heterocycles. The van der Waals surface area contributed by atoms with Crippen LogP contribution in [-0.2, 0) is 11.3 Å². The van der Waals surface area contributed by atoms with Crippen LogP contribution in [0.3, 0.4) is 0 Å². The predicted octanol–water partition coefficient (Wildman–Crippen LogP) is 2.35. The van der Waals surface area contributed by atoms with Crippen molar-refractivity contribution >= 4 is 5.78 Å². The second-order valence-electron chi connectivity index (χ2n) is 7.41. The Bertz CT molecular complexity index is 762. The Kier molecular flexibility index (Phi) is 4.73. The van der Waals surface area contributed by atoms with Crippen molar-refractivity contribution in [2.45, 2.75) is 27.3 Å². The highest BCUT2D eigenvalue weighted by molar-refractivity contribution is 6.13. The summed E-state index contributed by atoms with van der Waals surface area (Å²) in [6.45, 7) is 12.7. The van der Waals surface area contributed by atoms with Gasteiger partial charge < -0.3 is 14.2 Å². The molecule has 1 aromatic rings. The van der Waals surface area contributed by atoms with Crippen molar-refractivity contribution in [3.8, 4) is 11.5 Å². The van der Waals surface area contributed by atoms with Gasteiger partial charge in [-0.05, 0) is 32.4 Å². The molecule has 26 heavy (non-hydrogen) atoms. The third kappa shape index (κ3) is 3.13. The van der Waals surface area contributed by atoms with Crippen LogP contribution in [0.25, 0.3) is 0 Å². The summed E-state index contributed by atoms with van der Waals surface area (Å²) >= 11 is 0. The molecule has 4 rings (SSSR count). The lowest BCUT2D eigenvalue weighted by Crippen LogP contribution is -2.43. The fourth-order valence-corrected chi connectivity index (χ4v) is 3.76. The van der Waals surface area contributed by atoms with Crippen molar-refractivity contribution in [1.29, 1.82) is 0 Å². The lowest BCUT2D eigenvalue weighted by Gasteiger charge is -2.33. The van der Waals surface area contributed by atoms with Gasteiger partial charge in [0.2, 0.25) is 5.78 Å². The Labute approximate surface area is 154 Å². The van der Waals surface area contributed by atoms with E-state index in [4.69, 9.17) is 14.2 Å². The van der Waals surface area contributed by atoms with Gasteiger partial charge in [-0.15, -0.1) is 0 Å². The minimum atomic E-state index is -0.0173. The van der Waals surface area contributed by atoms with Gasteiger partial charge in [0.15, 0.2) is 5.76 Å². The van der Waals surface area contributed by atoms with E-state index in [0.717, 1.165) is 68.4 Å². The summed E-state index contributed by atoms with van der Waals surface area (Å²) in [6.07, 6.45) is 0. The number of carbonyl (C=O) groups is 1. The predicted molar refractivity (Wildman–Crippen MR) is 97.7 cm³/mol. The summed E-state index contributed by atoms with van der Waals surface area (Å²) in [5.74, 6) is 1.96. The average molecular weight is 358 g/mol. The van der Waals surface area contributed by atoms with Crippen molar-refractivity contribution in [3.05, 3.63) is 34.1 Å². The Morgan fingerprint density at radius 1 is 1.12 bits per heavy atom. The molecular weight excluding hydrogens is 332 g/mol. The first-order valence-corrected chi connectivity index (χ1v) is 9.26. The van der Waals surface area contributed by atoms with Crippen LogP contribution in [0.4, 0.5) is 0 Å². The van der Waals surface area contributed by atoms with Gasteiger partial charge in [0, 0.05) is 43.9 Å². The Morgan fingerprint density at radius 3 is 2.58 bits per heavy atom. The number of nitrogens with zero attached hydrogens (tertiary/aromatic N) is 2. The van der Waals surface area contributed by atoms with Crippen LogP contribution in [0.5, 0.6) is 11.5 Å². The molecule has 140 valence electrons. The molecule has 0 atom stereocenters. The van der Waals surface area contributed by atoms with Crippen LogP contribution in [0, 0.1) is 6.92 Å². The van der Waals surface area contributed by atoms with Crippen LogP contribution in [0.2, 0.25) is 0 Å². The van der Waals surface area contributed by atoms with E-state index in [1.807, 2.05) is 26.8 Å². The highest BCUT2D eigenvalue weighted by Crippen LogP contribution is 2.43. The lowest BCUT2D eigenvalue weighted by atomic mass is 10.00. The third-order valence-corrected chi connectivity index (χ3v) is 5.27. The van der Waals surface area contributed by atoms with Gasteiger partial charge >= 0.3 is 0 Å². The smallest absolute Gasteiger partial charge is 0.231 e. The number of allylic oxidation sites excluding steroid dienone is 2. The first-order valence-electron chi connectivity index (χ1n) is 9.26. The number of morpholine rings is 1. The zero-order valence-corrected chi connectivity index (χ0v) is 15.8. The topological polar surface area (TPSA) is 51.2 Å². The number of Topliss-reactive ketones (excluding diaryl/α,β-unsaturated/α-hetero) is 1. The number of hydrogen-bond acceptors (Lipinski definition) is 6. The Morgan fingerprint density at radius 2 is 1.85 bits per heavy atom. The van der Waals surface area contributed by atoms with E-state index < -0.39 is 0 Å². The van der Waals surface area contributed by atoms with Crippen LogP contribution >= 0.6 is 0 Å². The van der Waals surface area contributed by atoms with E-state index in [1.54, 1.807) is 0 Å². The maximum atomic E-state index is 12.6. The summed E-state index contributed by atoms with van der Waals surface area (Å²) in [5.41, 5.74) is 3.56. The van der Waals surface area contributed by atoms with Gasteiger partial charge in [-0.25, -0.2) is 0 Å². The molecule has 6 nitrogen and oxygen atoms in total. The van der Waals surface area contributed by atoms with Gasteiger partial charge in [0.05, 0.1) is 18.8 Å². The number of benzene rings is 1. The molecule has 0 aliphatic carbocycles. The van der Waals surface area contributed by atoms with Crippen molar-refractivity contribution < 1.29 is 19.0 Å². The van der Waals surface area contributed by atoms with Crippen LogP contribution in [0.15, 0.2) is 17.4 Å². The number of hydrogen-bond donors (Lipinski definition) is 0. The van der Waals surface area contributed by atoms with Crippen LogP contribution in [0.1, 0.15) is 35.3 Å². The molecule has 3 aliphatic heterocycles. The van der Waals surface area contributed by atoms with Gasteiger partial charge in [-0.2, -0.15) is 0 Å². The van der Waals surface area contributed by atoms with Gasteiger partial charge in [-0.1, -0.05) is 0 Å². The summed E-state index contributed by atoms with van der Waals surface area (Å²) in [6, 6.07) is 1.96. The van der Waals surface area contributed by atoms with Crippen molar-refractivity contribution in [1.82, 2.24) is 9.80 Å². The van der Waals surface area contributed by atoms with E-state index >= 15 is 0 Å². The maximum absolute atomic E-state index is 12.6. The fraction of sp³-hybridized carbons (Fsp3) is 0.550. The molecule has 1 fully saturated rings. The number of carbonyl (C=O) groups excluding carboxylic acids is 1. The number of ether oxygens (including phenoxy) is 3. The maximum Gasteiger partial charge on any atom is 0.231 e. The molecule has 0 spiro atoms. The van der Waals surface area contributed by atoms with Crippen LogP contribution in [-0.4, -0.2) is 61.7 Å². The highest BCUT2D eigenvalue weighted by atomic mass is 16.5. The second-order valence-corrected chi connectivity index (χ2v) is 7.41. The molecule has 0 bridgehead atoms. The van der Waals surface area contributed by atoms with Crippen LogP contribution < -0.4 is 9.47 Å². The SMILES string of the molecule is CC(C)=C1Oc2c(cc3c(c2C)OCN(CCN2CCOCC2)C3)C1=O. The molecule has 1 aromatic carbocycles. The summed E-state index contributed by atoms with van der Waals surface area (Å²) < 4.78 is 17.3. The first-order chi connectivity index (χ1) is 12.5. The van der Waals surface area contributed by atoms with E-state index in [-0.39, 0.29) is 5.78 Å². The molecule has 6 heteroatoms. The average Bonchev–Trinajstić information content (AvgIpc) is 2.98. The van der Waals surface area contributed by atoms with Gasteiger partial charge in [0.25, 0.3) is 0 Å². The highest BCUT2D eigenvalue weighted by Gasteiger charge is 2.34. The molecule has 1 saturated heterocycles. The van der Waals surface area contributed by atoms with E-state index in [9.17, 15) is 4.79 Å². The number of rotatable bonds is 3. The Hall–Kier alpha value is -1.89. The Balaban J connectivity index is 1.51. The normalized spacial score (nSPS) is 20.4. The second kappa shape index (κ2) is 7.02. The van der Waals surface area contributed by atoms with Crippen molar-refractivity contribution in [2.24, 2.45) is 0 Å². The largest absolute Gasteiger partial charge is 0.477 e. The number of fused-ring (bicyclic) bond motifs is 2. The minimum absolute atomic E-state index is 0.0173. The van der Waals surface area contributed by atoms with Gasteiger partial charge in [-0.3, -0.25) is 14.6 Å². The van der Waals surface area contributed by atoms with Gasteiger partial charge in [0.1, 0.15) is 18.2 Å². The third-order valence-electron chi connectivity index (χ3n) is 5.27. The standard InChI is InChI=1S/C20H26N2O4/c1-13(2)18-17(23)16-10-15-11-22(5-4-21-6-8-24-9-7-21)12-25-19(15)14(3)20(16)26-18/h10H,4-9,11-12H2,1-3H3. The van der Waals surface area contributed by atoms with E-state index in [0.29, 0.717) is 23.8 Å². The molecule has 3 aliphatic rings. The fourth-order valence-electron chi connectivity index (χ4n) is 3.76. The van der Waals surface area contributed by atoms with E-state index in [1.165, 1.54) is 0 Å². The molecule has 0 N–H and O–H groups in total. The quantitative estimate of drug-likeness (QED) is 0.773. The zero-order valence-electron chi connectivity index (χ0n) is 15.8. The number of ketones is 1.